The Balaban J connectivity index is 1.47. The summed E-state index contributed by atoms with van der Waals surface area (Å²) < 4.78 is 13.6. The molecule has 5 aromatic rings. The number of rotatable bonds is 4. The minimum absolute atomic E-state index is 0.385. The maximum Gasteiger partial charge on any atom is 0.235 e. The van der Waals surface area contributed by atoms with E-state index in [4.69, 9.17) is 9.15 Å². The molecule has 0 aliphatic rings. The summed E-state index contributed by atoms with van der Waals surface area (Å²) in [6, 6.07) is 15.9. The quantitative estimate of drug-likeness (QED) is 0.451. The van der Waals surface area contributed by atoms with Crippen LogP contribution in [0.1, 0.15) is 16.1 Å². The Morgan fingerprint density at radius 1 is 1.04 bits per heavy atom. The van der Waals surface area contributed by atoms with Gasteiger partial charge in [-0.2, -0.15) is 9.61 Å². The number of hydrogen-bond donors (Lipinski definition) is 0. The summed E-state index contributed by atoms with van der Waals surface area (Å²) in [6.45, 7) is 4.46. The standard InChI is InChI=1S/C20H16N4O2S/c1-12-7-9-14(10-8-12)25-11-17-23-24-19(21-22-20(24)27-17)18-13(2)15-5-3-4-6-16(15)26-18/h3-10H,11H2,1-2H3. The molecule has 0 aliphatic carbocycles. The van der Waals surface area contributed by atoms with Crippen LogP contribution in [0.15, 0.2) is 52.9 Å². The van der Waals surface area contributed by atoms with Crippen molar-refractivity contribution >= 4 is 27.3 Å². The maximum atomic E-state index is 6.01. The molecule has 0 saturated heterocycles. The molecule has 7 heteroatoms. The Kier molecular flexibility index (Phi) is 3.68. The van der Waals surface area contributed by atoms with E-state index in [1.54, 1.807) is 4.52 Å². The molecule has 6 nitrogen and oxygen atoms in total. The number of aromatic nitrogens is 4. The van der Waals surface area contributed by atoms with Crippen LogP contribution < -0.4 is 4.74 Å². The van der Waals surface area contributed by atoms with Crippen LogP contribution in [-0.4, -0.2) is 19.8 Å². The van der Waals surface area contributed by atoms with Gasteiger partial charge in [-0.1, -0.05) is 47.2 Å². The van der Waals surface area contributed by atoms with Gasteiger partial charge in [0.2, 0.25) is 10.8 Å². The molecule has 3 heterocycles. The molecule has 2 aromatic carbocycles. The summed E-state index contributed by atoms with van der Waals surface area (Å²) >= 11 is 1.46. The molecule has 0 radical (unpaired) electrons. The Morgan fingerprint density at radius 3 is 2.67 bits per heavy atom. The molecule has 0 N–H and O–H groups in total. The molecule has 0 bridgehead atoms. The number of hydrogen-bond acceptors (Lipinski definition) is 6. The van der Waals surface area contributed by atoms with Crippen LogP contribution in [0.25, 0.3) is 27.5 Å². The van der Waals surface area contributed by atoms with Crippen molar-refractivity contribution in [3.63, 3.8) is 0 Å². The van der Waals surface area contributed by atoms with Crippen LogP contribution in [0.5, 0.6) is 5.75 Å². The average Bonchev–Trinajstić information content (AvgIpc) is 3.34. The molecule has 3 aromatic heterocycles. The van der Waals surface area contributed by atoms with Gasteiger partial charge in [0, 0.05) is 10.9 Å². The first-order valence-corrected chi connectivity index (χ1v) is 9.40. The molecule has 0 saturated carbocycles. The lowest BCUT2D eigenvalue weighted by Crippen LogP contribution is -1.97. The first-order valence-electron chi connectivity index (χ1n) is 8.58. The second kappa shape index (κ2) is 6.21. The predicted molar refractivity (Wildman–Crippen MR) is 104 cm³/mol. The molecule has 5 rings (SSSR count). The first kappa shape index (κ1) is 16.0. The van der Waals surface area contributed by atoms with Gasteiger partial charge in [-0.05, 0) is 32.0 Å². The Hall–Kier alpha value is -3.19. The van der Waals surface area contributed by atoms with E-state index in [-0.39, 0.29) is 0 Å². The molecular weight excluding hydrogens is 360 g/mol. The lowest BCUT2D eigenvalue weighted by atomic mass is 10.1. The van der Waals surface area contributed by atoms with Crippen molar-refractivity contribution in [3.05, 3.63) is 64.7 Å². The summed E-state index contributed by atoms with van der Waals surface area (Å²) in [4.78, 5) is 0.715. The average molecular weight is 376 g/mol. The van der Waals surface area contributed by atoms with Gasteiger partial charge in [-0.25, -0.2) is 0 Å². The van der Waals surface area contributed by atoms with E-state index in [1.807, 2.05) is 62.4 Å². The van der Waals surface area contributed by atoms with Crippen molar-refractivity contribution in [3.8, 4) is 17.3 Å². The summed E-state index contributed by atoms with van der Waals surface area (Å²) in [5, 5.41) is 15.0. The lowest BCUT2D eigenvalue weighted by molar-refractivity contribution is 0.304. The fourth-order valence-electron chi connectivity index (χ4n) is 3.02. The number of fused-ring (bicyclic) bond motifs is 2. The van der Waals surface area contributed by atoms with Gasteiger partial charge >= 0.3 is 0 Å². The largest absolute Gasteiger partial charge is 0.486 e. The van der Waals surface area contributed by atoms with Crippen molar-refractivity contribution in [1.82, 2.24) is 19.8 Å². The highest BCUT2D eigenvalue weighted by Crippen LogP contribution is 2.32. The zero-order valence-electron chi connectivity index (χ0n) is 14.8. The summed E-state index contributed by atoms with van der Waals surface area (Å²) in [5.74, 6) is 2.12. The summed E-state index contributed by atoms with van der Waals surface area (Å²) in [7, 11) is 0. The van der Waals surface area contributed by atoms with E-state index < -0.39 is 0 Å². The predicted octanol–water partition coefficient (Wildman–Crippen LogP) is 4.79. The van der Waals surface area contributed by atoms with Crippen molar-refractivity contribution in [2.45, 2.75) is 20.5 Å². The molecule has 0 atom stereocenters. The van der Waals surface area contributed by atoms with E-state index in [2.05, 4.69) is 15.3 Å². The van der Waals surface area contributed by atoms with E-state index in [9.17, 15) is 0 Å². The van der Waals surface area contributed by atoms with Crippen molar-refractivity contribution in [2.75, 3.05) is 0 Å². The Morgan fingerprint density at radius 2 is 1.85 bits per heavy atom. The number of aryl methyl sites for hydroxylation is 2. The number of furan rings is 1. The van der Waals surface area contributed by atoms with Gasteiger partial charge in [-0.15, -0.1) is 10.2 Å². The minimum Gasteiger partial charge on any atom is -0.486 e. The number of para-hydroxylation sites is 1. The molecular formula is C20H16N4O2S. The fraction of sp³-hybridized carbons (Fsp3) is 0.150. The van der Waals surface area contributed by atoms with Crippen LogP contribution in [0, 0.1) is 13.8 Å². The Labute approximate surface area is 159 Å². The highest BCUT2D eigenvalue weighted by Gasteiger charge is 2.20. The minimum atomic E-state index is 0.385. The van der Waals surface area contributed by atoms with Crippen LogP contribution >= 0.6 is 11.3 Å². The second-order valence-corrected chi connectivity index (χ2v) is 7.41. The van der Waals surface area contributed by atoms with Crippen LogP contribution in [0.4, 0.5) is 0 Å². The lowest BCUT2D eigenvalue weighted by Gasteiger charge is -2.03. The van der Waals surface area contributed by atoms with Gasteiger partial charge in [-0.3, -0.25) is 0 Å². The zero-order chi connectivity index (χ0) is 18.4. The maximum absolute atomic E-state index is 6.01. The highest BCUT2D eigenvalue weighted by molar-refractivity contribution is 7.16. The summed E-state index contributed by atoms with van der Waals surface area (Å²) in [6.07, 6.45) is 0. The van der Waals surface area contributed by atoms with Gasteiger partial charge in [0.1, 0.15) is 17.9 Å². The van der Waals surface area contributed by atoms with E-state index in [0.29, 0.717) is 23.2 Å². The van der Waals surface area contributed by atoms with Crippen molar-refractivity contribution in [2.24, 2.45) is 0 Å². The molecule has 0 aliphatic heterocycles. The van der Waals surface area contributed by atoms with Crippen LogP contribution in [0.3, 0.4) is 0 Å². The molecule has 0 amide bonds. The zero-order valence-corrected chi connectivity index (χ0v) is 15.7. The van der Waals surface area contributed by atoms with E-state index in [1.165, 1.54) is 16.9 Å². The number of ether oxygens (including phenoxy) is 1. The van der Waals surface area contributed by atoms with Crippen LogP contribution in [-0.2, 0) is 6.61 Å². The van der Waals surface area contributed by atoms with E-state index in [0.717, 1.165) is 27.3 Å². The van der Waals surface area contributed by atoms with Crippen molar-refractivity contribution < 1.29 is 9.15 Å². The SMILES string of the molecule is Cc1ccc(OCc2nn3c(-c4oc5ccccc5c4C)nnc3s2)cc1. The third-order valence-corrected chi connectivity index (χ3v) is 5.34. The molecule has 0 spiro atoms. The molecule has 27 heavy (non-hydrogen) atoms. The fourth-order valence-corrected chi connectivity index (χ4v) is 3.77. The second-order valence-electron chi connectivity index (χ2n) is 6.37. The van der Waals surface area contributed by atoms with Gasteiger partial charge in [0.05, 0.1) is 0 Å². The van der Waals surface area contributed by atoms with E-state index >= 15 is 0 Å². The van der Waals surface area contributed by atoms with Crippen LogP contribution in [0.2, 0.25) is 0 Å². The first-order chi connectivity index (χ1) is 13.2. The normalized spacial score (nSPS) is 11.5. The topological polar surface area (TPSA) is 65.5 Å². The van der Waals surface area contributed by atoms with Gasteiger partial charge in [0.15, 0.2) is 10.8 Å². The third-order valence-electron chi connectivity index (χ3n) is 4.46. The smallest absolute Gasteiger partial charge is 0.235 e. The molecule has 0 fully saturated rings. The van der Waals surface area contributed by atoms with Crippen molar-refractivity contribution in [1.29, 1.82) is 0 Å². The molecule has 0 unspecified atom stereocenters. The van der Waals surface area contributed by atoms with Gasteiger partial charge in [0.25, 0.3) is 0 Å². The summed E-state index contributed by atoms with van der Waals surface area (Å²) in [5.41, 5.74) is 3.07. The molecule has 134 valence electrons. The van der Waals surface area contributed by atoms with Gasteiger partial charge < -0.3 is 9.15 Å². The number of nitrogens with zero attached hydrogens (tertiary/aromatic N) is 4. The highest BCUT2D eigenvalue weighted by atomic mass is 32.1. The number of benzene rings is 2. The monoisotopic (exact) mass is 376 g/mol. The Bertz CT molecular complexity index is 1250. The third kappa shape index (κ3) is 2.76.